The van der Waals surface area contributed by atoms with E-state index in [0.717, 1.165) is 0 Å². The average Bonchev–Trinajstić information content (AvgIpc) is 1.82. The van der Waals surface area contributed by atoms with Gasteiger partial charge in [0.05, 0.1) is 0 Å². The molecule has 0 unspecified atom stereocenters. The van der Waals surface area contributed by atoms with Gasteiger partial charge in [-0.3, -0.25) is 0 Å². The molecule has 0 aliphatic heterocycles. The number of hydrogen-bond acceptors (Lipinski definition) is 1. The number of hydrogen-bond donors (Lipinski definition) is 2. The average molecular weight is 186 g/mol. The van der Waals surface area contributed by atoms with Crippen LogP contribution in [0.15, 0.2) is 0 Å². The second kappa shape index (κ2) is 4.49. The van der Waals surface area contributed by atoms with E-state index in [1.807, 2.05) is 20.8 Å². The zero-order valence-electron chi connectivity index (χ0n) is 9.56. The molecule has 78 valence electrons. The molecule has 0 aliphatic rings. The fourth-order valence-electron chi connectivity index (χ4n) is 0.717. The zero-order chi connectivity index (χ0) is 10.6. The Bertz CT molecular complexity index is 170. The lowest BCUT2D eigenvalue weighted by molar-refractivity contribution is 0.220. The van der Waals surface area contributed by atoms with Crippen molar-refractivity contribution in [3.8, 4) is 0 Å². The molecule has 0 saturated carbocycles. The summed E-state index contributed by atoms with van der Waals surface area (Å²) in [7, 11) is 0. The summed E-state index contributed by atoms with van der Waals surface area (Å²) in [5.74, 6) is 0. The third-order valence-corrected chi connectivity index (χ3v) is 2.07. The van der Waals surface area contributed by atoms with Gasteiger partial charge in [-0.05, 0) is 26.2 Å². The molecule has 0 aromatic heterocycles. The Balaban J connectivity index is 3.93. The lowest BCUT2D eigenvalue weighted by Gasteiger charge is -2.28. The Hall–Kier alpha value is -0.730. The summed E-state index contributed by atoms with van der Waals surface area (Å²) in [6, 6.07) is 0.274. The van der Waals surface area contributed by atoms with E-state index < -0.39 is 0 Å². The molecule has 3 heteroatoms. The largest absolute Gasteiger partial charge is 0.336 e. The first kappa shape index (κ1) is 12.3. The second-order valence-corrected chi connectivity index (χ2v) is 4.86. The summed E-state index contributed by atoms with van der Waals surface area (Å²) >= 11 is 0. The van der Waals surface area contributed by atoms with Crippen LogP contribution in [0.3, 0.4) is 0 Å². The van der Waals surface area contributed by atoms with E-state index in [9.17, 15) is 4.79 Å². The predicted octanol–water partition coefficient (Wildman–Crippen LogP) is 2.13. The second-order valence-electron chi connectivity index (χ2n) is 4.86. The zero-order valence-corrected chi connectivity index (χ0v) is 9.56. The van der Waals surface area contributed by atoms with Crippen molar-refractivity contribution in [1.82, 2.24) is 10.6 Å². The number of carbonyl (C=O) groups is 1. The van der Waals surface area contributed by atoms with Gasteiger partial charge in [0, 0.05) is 12.1 Å². The van der Waals surface area contributed by atoms with Gasteiger partial charge in [-0.2, -0.15) is 0 Å². The van der Waals surface area contributed by atoms with Gasteiger partial charge in [0.2, 0.25) is 0 Å². The first-order valence-corrected chi connectivity index (χ1v) is 4.80. The first-order valence-electron chi connectivity index (χ1n) is 4.80. The molecule has 13 heavy (non-hydrogen) atoms. The van der Waals surface area contributed by atoms with Crippen molar-refractivity contribution in [2.45, 2.75) is 53.6 Å². The molecular formula is C10H22N2O. The summed E-state index contributed by atoms with van der Waals surface area (Å²) in [5, 5.41) is 5.70. The minimum absolute atomic E-state index is 0.0857. The van der Waals surface area contributed by atoms with Crippen LogP contribution in [0.4, 0.5) is 4.79 Å². The number of nitrogens with one attached hydrogen (secondary N) is 2. The van der Waals surface area contributed by atoms with Gasteiger partial charge in [0.25, 0.3) is 0 Å². The molecule has 0 aromatic carbocycles. The number of urea groups is 1. The summed E-state index contributed by atoms with van der Waals surface area (Å²) in [5.41, 5.74) is 0.105. The molecule has 0 heterocycles. The quantitative estimate of drug-likeness (QED) is 0.681. The molecule has 0 aromatic rings. The van der Waals surface area contributed by atoms with Crippen molar-refractivity contribution in [1.29, 1.82) is 0 Å². The molecule has 0 spiro atoms. The Labute approximate surface area is 81.3 Å². The standard InChI is InChI=1S/C10H22N2O/c1-7(2)11-9(13)12-8(3)10(4,5)6/h7-8H,1-6H3,(H2,11,12,13)/t8-/m1/s1. The van der Waals surface area contributed by atoms with Crippen LogP contribution >= 0.6 is 0 Å². The molecule has 0 rings (SSSR count). The third-order valence-electron chi connectivity index (χ3n) is 2.07. The van der Waals surface area contributed by atoms with E-state index in [1.165, 1.54) is 0 Å². The van der Waals surface area contributed by atoms with Gasteiger partial charge in [0.15, 0.2) is 0 Å². The van der Waals surface area contributed by atoms with Crippen LogP contribution in [0.1, 0.15) is 41.5 Å². The van der Waals surface area contributed by atoms with Crippen LogP contribution in [-0.4, -0.2) is 18.1 Å². The van der Waals surface area contributed by atoms with Crippen LogP contribution in [0.5, 0.6) is 0 Å². The minimum atomic E-state index is -0.0857. The Morgan fingerprint density at radius 3 is 1.85 bits per heavy atom. The summed E-state index contributed by atoms with van der Waals surface area (Å²) in [4.78, 5) is 11.3. The van der Waals surface area contributed by atoms with Crippen molar-refractivity contribution in [3.63, 3.8) is 0 Å². The minimum Gasteiger partial charge on any atom is -0.336 e. The van der Waals surface area contributed by atoms with Gasteiger partial charge >= 0.3 is 6.03 Å². The smallest absolute Gasteiger partial charge is 0.315 e. The maximum absolute atomic E-state index is 11.3. The lowest BCUT2D eigenvalue weighted by atomic mass is 9.88. The van der Waals surface area contributed by atoms with Gasteiger partial charge in [-0.25, -0.2) is 4.79 Å². The van der Waals surface area contributed by atoms with Gasteiger partial charge in [-0.15, -0.1) is 0 Å². The van der Waals surface area contributed by atoms with Crippen LogP contribution in [0.2, 0.25) is 0 Å². The van der Waals surface area contributed by atoms with Crippen molar-refractivity contribution >= 4 is 6.03 Å². The Kier molecular flexibility index (Phi) is 4.24. The summed E-state index contributed by atoms with van der Waals surface area (Å²) in [6.45, 7) is 12.2. The van der Waals surface area contributed by atoms with Crippen molar-refractivity contribution in [2.24, 2.45) is 5.41 Å². The summed E-state index contributed by atoms with van der Waals surface area (Å²) in [6.07, 6.45) is 0. The molecule has 0 fully saturated rings. The van der Waals surface area contributed by atoms with E-state index in [0.29, 0.717) is 0 Å². The fourth-order valence-corrected chi connectivity index (χ4v) is 0.717. The van der Waals surface area contributed by atoms with Crippen LogP contribution in [0, 0.1) is 5.41 Å². The lowest BCUT2D eigenvalue weighted by Crippen LogP contribution is -2.48. The molecular weight excluding hydrogens is 164 g/mol. The topological polar surface area (TPSA) is 41.1 Å². The fraction of sp³-hybridized carbons (Fsp3) is 0.900. The van der Waals surface area contributed by atoms with Crippen LogP contribution in [0.25, 0.3) is 0 Å². The monoisotopic (exact) mass is 186 g/mol. The number of carbonyl (C=O) groups excluding carboxylic acids is 1. The Morgan fingerprint density at radius 2 is 1.54 bits per heavy atom. The molecule has 0 bridgehead atoms. The van der Waals surface area contributed by atoms with Crippen molar-refractivity contribution < 1.29 is 4.79 Å². The van der Waals surface area contributed by atoms with Crippen LogP contribution < -0.4 is 10.6 Å². The predicted molar refractivity (Wildman–Crippen MR) is 55.7 cm³/mol. The van der Waals surface area contributed by atoms with E-state index in [2.05, 4.69) is 31.4 Å². The highest BCUT2D eigenvalue weighted by atomic mass is 16.2. The van der Waals surface area contributed by atoms with Crippen LogP contribution in [-0.2, 0) is 0 Å². The molecule has 0 saturated heterocycles. The first-order chi connectivity index (χ1) is 5.73. The molecule has 0 aliphatic carbocycles. The van der Waals surface area contributed by atoms with Gasteiger partial charge in [-0.1, -0.05) is 20.8 Å². The third kappa shape index (κ3) is 5.50. The van der Waals surface area contributed by atoms with E-state index in [4.69, 9.17) is 0 Å². The van der Waals surface area contributed by atoms with Crippen molar-refractivity contribution in [2.75, 3.05) is 0 Å². The molecule has 2 amide bonds. The highest BCUT2D eigenvalue weighted by Crippen LogP contribution is 2.18. The molecule has 1 atom stereocenters. The molecule has 3 nitrogen and oxygen atoms in total. The van der Waals surface area contributed by atoms with Gasteiger partial charge < -0.3 is 10.6 Å². The SMILES string of the molecule is CC(C)NC(=O)N[C@H](C)C(C)(C)C. The highest BCUT2D eigenvalue weighted by molar-refractivity contribution is 5.74. The van der Waals surface area contributed by atoms with Gasteiger partial charge in [0.1, 0.15) is 0 Å². The summed E-state index contributed by atoms with van der Waals surface area (Å²) < 4.78 is 0. The number of amides is 2. The molecule has 0 radical (unpaired) electrons. The normalized spacial score (nSPS) is 14.1. The maximum atomic E-state index is 11.3. The van der Waals surface area contributed by atoms with E-state index >= 15 is 0 Å². The maximum Gasteiger partial charge on any atom is 0.315 e. The highest BCUT2D eigenvalue weighted by Gasteiger charge is 2.21. The van der Waals surface area contributed by atoms with E-state index in [-0.39, 0.29) is 23.5 Å². The number of rotatable bonds is 2. The Morgan fingerprint density at radius 1 is 1.08 bits per heavy atom. The van der Waals surface area contributed by atoms with E-state index in [1.54, 1.807) is 0 Å². The van der Waals surface area contributed by atoms with Crippen molar-refractivity contribution in [3.05, 3.63) is 0 Å². The molecule has 2 N–H and O–H groups in total.